The molecule has 0 radical (unpaired) electrons. The molecule has 37 heavy (non-hydrogen) atoms. The molecule has 3 heterocycles. The van der Waals surface area contributed by atoms with Crippen LogP contribution in [-0.2, 0) is 9.57 Å². The second-order valence-corrected chi connectivity index (χ2v) is 9.54. The highest BCUT2D eigenvalue weighted by Crippen LogP contribution is 2.25. The number of amidine groups is 1. The van der Waals surface area contributed by atoms with E-state index in [2.05, 4.69) is 30.7 Å². The number of hydrogen-bond donors (Lipinski definition) is 3. The molecule has 0 atom stereocenters. The molecule has 1 saturated heterocycles. The van der Waals surface area contributed by atoms with Crippen LogP contribution in [0.4, 0.5) is 22.1 Å². The quantitative estimate of drug-likeness (QED) is 0.216. The van der Waals surface area contributed by atoms with E-state index in [1.54, 1.807) is 11.0 Å². The van der Waals surface area contributed by atoms with Crippen molar-refractivity contribution in [3.8, 4) is 6.07 Å². The summed E-state index contributed by atoms with van der Waals surface area (Å²) in [6.45, 7) is 8.76. The fourth-order valence-corrected chi connectivity index (χ4v) is 3.48. The number of nitrogens with two attached hydrogens (primary N) is 1. The minimum absolute atomic E-state index is 0.102. The van der Waals surface area contributed by atoms with E-state index in [4.69, 9.17) is 20.6 Å². The van der Waals surface area contributed by atoms with E-state index in [0.717, 1.165) is 12.8 Å². The molecule has 1 aliphatic rings. The Hall–Kier alpha value is -4.47. The van der Waals surface area contributed by atoms with E-state index < -0.39 is 11.6 Å². The molecule has 4 N–H and O–H groups in total. The van der Waals surface area contributed by atoms with Crippen molar-refractivity contribution < 1.29 is 19.2 Å². The zero-order chi connectivity index (χ0) is 27.0. The topological polar surface area (TPSA) is 181 Å². The maximum atomic E-state index is 12.6. The van der Waals surface area contributed by atoms with Gasteiger partial charge in [-0.1, -0.05) is 5.16 Å². The van der Waals surface area contributed by atoms with Gasteiger partial charge in [-0.3, -0.25) is 0 Å². The number of pyridine rings is 1. The van der Waals surface area contributed by atoms with Gasteiger partial charge in [0.15, 0.2) is 5.69 Å². The molecule has 1 fully saturated rings. The Labute approximate surface area is 215 Å². The average molecular weight is 510 g/mol. The number of nitriles is 1. The molecule has 2 aromatic heterocycles. The van der Waals surface area contributed by atoms with E-state index in [-0.39, 0.29) is 29.1 Å². The average Bonchev–Trinajstić information content (AvgIpc) is 2.86. The van der Waals surface area contributed by atoms with Gasteiger partial charge in [0, 0.05) is 31.9 Å². The molecule has 0 aromatic carbocycles. The molecule has 1 aliphatic heterocycles. The summed E-state index contributed by atoms with van der Waals surface area (Å²) in [7, 11) is 0. The van der Waals surface area contributed by atoms with Gasteiger partial charge < -0.3 is 30.8 Å². The minimum atomic E-state index is -0.718. The Kier molecular flexibility index (Phi) is 8.78. The number of nitrogens with one attached hydrogen (secondary N) is 2. The molecular formula is C24H31N9O4. The Morgan fingerprint density at radius 2 is 1.89 bits per heavy atom. The molecule has 1 amide bonds. The van der Waals surface area contributed by atoms with E-state index in [1.807, 2.05) is 26.8 Å². The molecule has 3 rings (SSSR count). The van der Waals surface area contributed by atoms with Crippen molar-refractivity contribution in [3.05, 3.63) is 35.9 Å². The summed E-state index contributed by atoms with van der Waals surface area (Å²) in [5.74, 6) is 0.428. The maximum absolute atomic E-state index is 12.6. The lowest BCUT2D eigenvalue weighted by atomic mass is 9.97. The number of oxime groups is 1. The summed E-state index contributed by atoms with van der Waals surface area (Å²) in [4.78, 5) is 43.9. The number of aromatic nitrogens is 3. The van der Waals surface area contributed by atoms with Crippen molar-refractivity contribution in [2.24, 2.45) is 16.8 Å². The van der Waals surface area contributed by atoms with Gasteiger partial charge in [-0.05, 0) is 46.5 Å². The standard InChI is InChI=1S/C24H31N9O4/c1-15(26)32-37-22(34)18-13-30-20(31-21-14-27-17(10-25)12-29-21)9-19(18)28-11-16-5-7-33(8-6-16)23(35)36-24(2,3)4/h9,12-14,16H,5-8,11H2,1-4H3,(H2,26,32)(H2,28,29,30,31). The molecule has 13 heteroatoms. The summed E-state index contributed by atoms with van der Waals surface area (Å²) in [6, 6.07) is 3.55. The van der Waals surface area contributed by atoms with Crippen LogP contribution in [0.25, 0.3) is 0 Å². The summed E-state index contributed by atoms with van der Waals surface area (Å²) in [5.41, 5.74) is 5.77. The summed E-state index contributed by atoms with van der Waals surface area (Å²) in [6.07, 6.45) is 5.35. The number of carbonyl (C=O) groups excluding carboxylic acids is 2. The highest BCUT2D eigenvalue weighted by Gasteiger charge is 2.27. The molecule has 0 spiro atoms. The first kappa shape index (κ1) is 27.1. The first-order valence-corrected chi connectivity index (χ1v) is 11.8. The van der Waals surface area contributed by atoms with Gasteiger partial charge in [-0.2, -0.15) is 5.26 Å². The molecule has 13 nitrogen and oxygen atoms in total. The Morgan fingerprint density at radius 3 is 2.49 bits per heavy atom. The lowest BCUT2D eigenvalue weighted by Gasteiger charge is -2.33. The number of amides is 1. The Bertz CT molecular complexity index is 1170. The van der Waals surface area contributed by atoms with Gasteiger partial charge in [0.05, 0.1) is 18.1 Å². The Balaban J connectivity index is 1.69. The van der Waals surface area contributed by atoms with Crippen molar-refractivity contribution in [2.75, 3.05) is 30.3 Å². The van der Waals surface area contributed by atoms with E-state index >= 15 is 0 Å². The molecule has 0 saturated carbocycles. The van der Waals surface area contributed by atoms with Gasteiger partial charge in [-0.25, -0.2) is 24.5 Å². The zero-order valence-corrected chi connectivity index (χ0v) is 21.3. The number of piperidine rings is 1. The number of anilines is 3. The lowest BCUT2D eigenvalue weighted by Crippen LogP contribution is -2.42. The highest BCUT2D eigenvalue weighted by molar-refractivity contribution is 5.96. The Morgan fingerprint density at radius 1 is 1.19 bits per heavy atom. The second kappa shape index (κ2) is 12.0. The number of ether oxygens (including phenoxy) is 1. The molecule has 0 aliphatic carbocycles. The van der Waals surface area contributed by atoms with Crippen LogP contribution in [0.1, 0.15) is 56.6 Å². The predicted molar refractivity (Wildman–Crippen MR) is 136 cm³/mol. The predicted octanol–water partition coefficient (Wildman–Crippen LogP) is 2.99. The highest BCUT2D eigenvalue weighted by atomic mass is 16.7. The third-order valence-electron chi connectivity index (χ3n) is 5.27. The van der Waals surface area contributed by atoms with Crippen LogP contribution in [0.15, 0.2) is 29.8 Å². The fourth-order valence-electron chi connectivity index (χ4n) is 3.48. The number of hydrogen-bond acceptors (Lipinski definition) is 11. The summed E-state index contributed by atoms with van der Waals surface area (Å²) >= 11 is 0. The zero-order valence-electron chi connectivity index (χ0n) is 21.3. The van der Waals surface area contributed by atoms with Crippen LogP contribution in [0.3, 0.4) is 0 Å². The summed E-state index contributed by atoms with van der Waals surface area (Å²) in [5, 5.41) is 18.7. The van der Waals surface area contributed by atoms with Gasteiger partial charge in [0.1, 0.15) is 34.7 Å². The van der Waals surface area contributed by atoms with Crippen molar-refractivity contribution in [2.45, 2.75) is 46.1 Å². The van der Waals surface area contributed by atoms with Gasteiger partial charge >= 0.3 is 12.1 Å². The van der Waals surface area contributed by atoms with Crippen LogP contribution in [0.2, 0.25) is 0 Å². The maximum Gasteiger partial charge on any atom is 0.410 e. The van der Waals surface area contributed by atoms with Crippen molar-refractivity contribution >= 4 is 35.2 Å². The minimum Gasteiger partial charge on any atom is -0.444 e. The summed E-state index contributed by atoms with van der Waals surface area (Å²) < 4.78 is 5.46. The largest absolute Gasteiger partial charge is 0.444 e. The van der Waals surface area contributed by atoms with Gasteiger partial charge in [0.2, 0.25) is 0 Å². The first-order valence-electron chi connectivity index (χ1n) is 11.8. The first-order chi connectivity index (χ1) is 17.5. The van der Waals surface area contributed by atoms with Gasteiger partial charge in [0.25, 0.3) is 0 Å². The lowest BCUT2D eigenvalue weighted by molar-refractivity contribution is 0.0187. The van der Waals surface area contributed by atoms with Crippen molar-refractivity contribution in [1.82, 2.24) is 19.9 Å². The number of likely N-dealkylation sites (tertiary alicyclic amines) is 1. The van der Waals surface area contributed by atoms with Gasteiger partial charge in [-0.15, -0.1) is 0 Å². The van der Waals surface area contributed by atoms with E-state index in [9.17, 15) is 9.59 Å². The monoisotopic (exact) mass is 509 g/mol. The van der Waals surface area contributed by atoms with Crippen LogP contribution >= 0.6 is 0 Å². The van der Waals surface area contributed by atoms with Crippen LogP contribution in [-0.4, -0.2) is 63.0 Å². The number of carbonyl (C=O) groups is 2. The molecule has 2 aromatic rings. The van der Waals surface area contributed by atoms with E-state index in [0.29, 0.717) is 37.0 Å². The van der Waals surface area contributed by atoms with Crippen LogP contribution in [0, 0.1) is 17.2 Å². The third-order valence-corrected chi connectivity index (χ3v) is 5.27. The molecule has 0 bridgehead atoms. The third kappa shape index (κ3) is 8.31. The molecule has 196 valence electrons. The molecule has 0 unspecified atom stereocenters. The second-order valence-electron chi connectivity index (χ2n) is 9.54. The van der Waals surface area contributed by atoms with E-state index in [1.165, 1.54) is 25.5 Å². The normalized spacial score (nSPS) is 14.5. The SMILES string of the molecule is C/C(N)=N\OC(=O)c1cnc(Nc2cnc(C#N)cn2)cc1NCC1CCN(C(=O)OC(C)(C)C)CC1. The van der Waals surface area contributed by atoms with Crippen LogP contribution in [0.5, 0.6) is 0 Å². The molecular weight excluding hydrogens is 478 g/mol. The van der Waals surface area contributed by atoms with Crippen molar-refractivity contribution in [1.29, 1.82) is 5.26 Å². The smallest absolute Gasteiger partial charge is 0.410 e. The number of rotatable bonds is 7. The fraction of sp³-hybridized carbons (Fsp3) is 0.458. The number of nitrogens with zero attached hydrogens (tertiary/aromatic N) is 6. The van der Waals surface area contributed by atoms with Crippen LogP contribution < -0.4 is 16.4 Å². The van der Waals surface area contributed by atoms with Crippen molar-refractivity contribution in [3.63, 3.8) is 0 Å².